The third-order valence-electron chi connectivity index (χ3n) is 5.60. The zero-order valence-electron chi connectivity index (χ0n) is 16.5. The topological polar surface area (TPSA) is 94.2 Å². The Bertz CT molecular complexity index is 1220. The lowest BCUT2D eigenvalue weighted by atomic mass is 9.97. The van der Waals surface area contributed by atoms with Crippen molar-refractivity contribution in [2.75, 3.05) is 13.1 Å². The summed E-state index contributed by atoms with van der Waals surface area (Å²) in [6.45, 7) is 1.37. The van der Waals surface area contributed by atoms with Crippen LogP contribution in [-0.4, -0.2) is 43.6 Å². The number of benzene rings is 2. The van der Waals surface area contributed by atoms with E-state index in [0.717, 1.165) is 23.4 Å². The molecule has 1 saturated heterocycles. The highest BCUT2D eigenvalue weighted by Gasteiger charge is 2.27. The van der Waals surface area contributed by atoms with Crippen molar-refractivity contribution in [3.05, 3.63) is 81.6 Å². The second-order valence-corrected chi connectivity index (χ2v) is 8.60. The number of rotatable bonds is 4. The Balaban J connectivity index is 1.25. The van der Waals surface area contributed by atoms with Crippen LogP contribution in [0.3, 0.4) is 0 Å². The van der Waals surface area contributed by atoms with Crippen LogP contribution in [-0.2, 0) is 0 Å². The predicted molar refractivity (Wildman–Crippen MR) is 118 cm³/mol. The molecule has 1 aliphatic rings. The van der Waals surface area contributed by atoms with Gasteiger partial charge in [0.15, 0.2) is 0 Å². The van der Waals surface area contributed by atoms with Crippen LogP contribution in [0.1, 0.15) is 34.1 Å². The molecule has 0 N–H and O–H groups in total. The van der Waals surface area contributed by atoms with Crippen LogP contribution in [0.5, 0.6) is 0 Å². The Morgan fingerprint density at radius 3 is 2.55 bits per heavy atom. The third kappa shape index (κ3) is 3.79. The molecule has 0 aliphatic carbocycles. The van der Waals surface area contributed by atoms with Crippen LogP contribution < -0.4 is 0 Å². The van der Waals surface area contributed by atoms with Gasteiger partial charge in [-0.3, -0.25) is 14.9 Å². The van der Waals surface area contributed by atoms with Crippen molar-refractivity contribution in [2.24, 2.45) is 0 Å². The number of nitro benzene ring substituents is 1. The molecule has 0 saturated carbocycles. The monoisotopic (exact) mass is 433 g/mol. The molecule has 9 heteroatoms. The number of hydrogen-bond acceptors (Lipinski definition) is 6. The first-order chi connectivity index (χ1) is 15.1. The number of amides is 1. The largest absolute Gasteiger partial charge is 0.339 e. The van der Waals surface area contributed by atoms with E-state index in [0.29, 0.717) is 30.3 Å². The van der Waals surface area contributed by atoms with Crippen molar-refractivity contribution in [3.63, 3.8) is 0 Å². The van der Waals surface area contributed by atoms with Crippen LogP contribution in [0.4, 0.5) is 5.69 Å². The molecular formula is C22H19N5O3S. The molecule has 1 aliphatic heterocycles. The van der Waals surface area contributed by atoms with Gasteiger partial charge in [0, 0.05) is 37.3 Å². The molecule has 1 amide bonds. The number of nitro groups is 1. The van der Waals surface area contributed by atoms with Crippen molar-refractivity contribution >= 4 is 33.1 Å². The van der Waals surface area contributed by atoms with Gasteiger partial charge in [0.25, 0.3) is 11.6 Å². The first-order valence-electron chi connectivity index (χ1n) is 10.0. The number of likely N-dealkylation sites (tertiary alicyclic amines) is 1. The van der Waals surface area contributed by atoms with Crippen LogP contribution in [0.2, 0.25) is 0 Å². The molecule has 0 bridgehead atoms. The summed E-state index contributed by atoms with van der Waals surface area (Å²) in [7, 11) is 0. The van der Waals surface area contributed by atoms with Gasteiger partial charge in [0.2, 0.25) is 0 Å². The number of aromatic nitrogens is 3. The number of para-hydroxylation sites is 1. The van der Waals surface area contributed by atoms with Crippen LogP contribution in [0, 0.1) is 10.1 Å². The zero-order chi connectivity index (χ0) is 21.4. The molecule has 2 aromatic carbocycles. The van der Waals surface area contributed by atoms with E-state index in [2.05, 4.69) is 11.2 Å². The maximum Gasteiger partial charge on any atom is 0.269 e. The molecule has 3 heterocycles. The second kappa shape index (κ2) is 7.92. The van der Waals surface area contributed by atoms with Gasteiger partial charge in [-0.1, -0.05) is 12.1 Å². The van der Waals surface area contributed by atoms with Gasteiger partial charge < -0.3 is 4.90 Å². The van der Waals surface area contributed by atoms with E-state index in [1.165, 1.54) is 16.8 Å². The Morgan fingerprint density at radius 2 is 1.84 bits per heavy atom. The Kier molecular flexibility index (Phi) is 4.95. The van der Waals surface area contributed by atoms with Gasteiger partial charge >= 0.3 is 0 Å². The van der Waals surface area contributed by atoms with E-state index in [9.17, 15) is 14.9 Å². The number of carbonyl (C=O) groups excluding carboxylic acids is 1. The normalized spacial score (nSPS) is 14.8. The summed E-state index contributed by atoms with van der Waals surface area (Å²) in [6, 6.07) is 14.2. The number of non-ortho nitro benzene ring substituents is 1. The number of nitrogens with zero attached hydrogens (tertiary/aromatic N) is 5. The zero-order valence-corrected chi connectivity index (χ0v) is 17.4. The van der Waals surface area contributed by atoms with Gasteiger partial charge in [-0.25, -0.2) is 9.67 Å². The molecule has 0 unspecified atom stereocenters. The minimum Gasteiger partial charge on any atom is -0.339 e. The van der Waals surface area contributed by atoms with Crippen molar-refractivity contribution in [3.8, 4) is 5.69 Å². The highest BCUT2D eigenvalue weighted by molar-refractivity contribution is 7.18. The summed E-state index contributed by atoms with van der Waals surface area (Å²) in [5, 5.41) is 16.2. The van der Waals surface area contributed by atoms with Gasteiger partial charge in [0.05, 0.1) is 37.6 Å². The molecule has 4 aromatic rings. The summed E-state index contributed by atoms with van der Waals surface area (Å²) in [5.41, 5.74) is 2.24. The van der Waals surface area contributed by atoms with E-state index in [1.54, 1.807) is 40.5 Å². The Morgan fingerprint density at radius 1 is 1.10 bits per heavy atom. The smallest absolute Gasteiger partial charge is 0.269 e. The standard InChI is InChI=1S/C22H19N5O3S/c28-22(16-13-23-26(14-16)17-5-7-18(8-6-17)27(29)30)25-11-9-15(10-12-25)21-24-19-3-1-2-4-20(19)31-21/h1-8,13-15H,9-12H2. The van der Waals surface area contributed by atoms with Crippen LogP contribution >= 0.6 is 11.3 Å². The maximum atomic E-state index is 12.9. The molecular weight excluding hydrogens is 414 g/mol. The molecule has 0 spiro atoms. The van der Waals surface area contributed by atoms with Gasteiger partial charge in [-0.15, -0.1) is 11.3 Å². The summed E-state index contributed by atoms with van der Waals surface area (Å²) in [5.74, 6) is 0.334. The summed E-state index contributed by atoms with van der Waals surface area (Å²) in [6.07, 6.45) is 5.00. The first-order valence-corrected chi connectivity index (χ1v) is 10.8. The number of fused-ring (bicyclic) bond motifs is 1. The van der Waals surface area contributed by atoms with Crippen molar-refractivity contribution < 1.29 is 9.72 Å². The van der Waals surface area contributed by atoms with E-state index in [-0.39, 0.29) is 11.6 Å². The van der Waals surface area contributed by atoms with E-state index in [1.807, 2.05) is 23.1 Å². The fourth-order valence-corrected chi connectivity index (χ4v) is 5.01. The Hall–Kier alpha value is -3.59. The molecule has 5 rings (SSSR count). The Labute approximate surface area is 181 Å². The lowest BCUT2D eigenvalue weighted by Crippen LogP contribution is -2.37. The lowest BCUT2D eigenvalue weighted by Gasteiger charge is -2.30. The highest BCUT2D eigenvalue weighted by Crippen LogP contribution is 2.34. The first kappa shape index (κ1) is 19.4. The van der Waals surface area contributed by atoms with Gasteiger partial charge in [0.1, 0.15) is 0 Å². The highest BCUT2D eigenvalue weighted by atomic mass is 32.1. The van der Waals surface area contributed by atoms with E-state index in [4.69, 9.17) is 4.98 Å². The van der Waals surface area contributed by atoms with Crippen LogP contribution in [0.15, 0.2) is 60.9 Å². The van der Waals surface area contributed by atoms with Crippen molar-refractivity contribution in [2.45, 2.75) is 18.8 Å². The molecule has 31 heavy (non-hydrogen) atoms. The molecule has 2 aromatic heterocycles. The van der Waals surface area contributed by atoms with Gasteiger partial charge in [-0.05, 0) is 37.1 Å². The average Bonchev–Trinajstić information content (AvgIpc) is 3.46. The summed E-state index contributed by atoms with van der Waals surface area (Å²) < 4.78 is 2.76. The molecule has 0 atom stereocenters. The number of carbonyl (C=O) groups is 1. The molecule has 1 fully saturated rings. The van der Waals surface area contributed by atoms with E-state index < -0.39 is 4.92 Å². The third-order valence-corrected chi connectivity index (χ3v) is 6.80. The fraction of sp³-hybridized carbons (Fsp3) is 0.227. The van der Waals surface area contributed by atoms with E-state index >= 15 is 0 Å². The fourth-order valence-electron chi connectivity index (χ4n) is 3.88. The number of hydrogen-bond donors (Lipinski definition) is 0. The average molecular weight is 433 g/mol. The molecule has 156 valence electrons. The lowest BCUT2D eigenvalue weighted by molar-refractivity contribution is -0.384. The second-order valence-electron chi connectivity index (χ2n) is 7.53. The SMILES string of the molecule is O=C(c1cnn(-c2ccc([N+](=O)[O-])cc2)c1)N1CCC(c2nc3ccccc3s2)CC1. The van der Waals surface area contributed by atoms with Crippen molar-refractivity contribution in [1.82, 2.24) is 19.7 Å². The van der Waals surface area contributed by atoms with Crippen molar-refractivity contribution in [1.29, 1.82) is 0 Å². The minimum absolute atomic E-state index is 0.0169. The molecule has 8 nitrogen and oxygen atoms in total. The number of thiazole rings is 1. The summed E-state index contributed by atoms with van der Waals surface area (Å²) >= 11 is 1.74. The van der Waals surface area contributed by atoms with Crippen LogP contribution in [0.25, 0.3) is 15.9 Å². The minimum atomic E-state index is -0.445. The summed E-state index contributed by atoms with van der Waals surface area (Å²) in [4.78, 5) is 29.9. The quantitative estimate of drug-likeness (QED) is 0.351. The number of piperidine rings is 1. The maximum absolute atomic E-state index is 12.9. The predicted octanol–water partition coefficient (Wildman–Crippen LogP) is 4.41. The molecule has 0 radical (unpaired) electrons. The van der Waals surface area contributed by atoms with Gasteiger partial charge in [-0.2, -0.15) is 5.10 Å².